The van der Waals surface area contributed by atoms with Crippen molar-refractivity contribution in [3.63, 3.8) is 0 Å². The summed E-state index contributed by atoms with van der Waals surface area (Å²) in [7, 11) is 0. The molecule has 4 aliphatic rings. The molecule has 0 amide bonds. The molecular weight excluding hydrogens is 436 g/mol. The van der Waals surface area contributed by atoms with E-state index in [-0.39, 0.29) is 11.3 Å². The van der Waals surface area contributed by atoms with Gasteiger partial charge in [-0.25, -0.2) is 0 Å². The zero-order valence-electron chi connectivity index (χ0n) is 23.5. The molecule has 1 aromatic rings. The molecule has 194 valence electrons. The van der Waals surface area contributed by atoms with Crippen LogP contribution in [0.25, 0.3) is 0 Å². The quantitative estimate of drug-likeness (QED) is 0.381. The van der Waals surface area contributed by atoms with Crippen LogP contribution in [0.15, 0.2) is 42.0 Å². The predicted molar refractivity (Wildman–Crippen MR) is 150 cm³/mol. The van der Waals surface area contributed by atoms with E-state index >= 15 is 0 Å². The topological polar surface area (TPSA) is 17.1 Å². The van der Waals surface area contributed by atoms with Crippen molar-refractivity contribution in [2.45, 2.75) is 98.8 Å². The van der Waals surface area contributed by atoms with E-state index < -0.39 is 0 Å². The van der Waals surface area contributed by atoms with Crippen molar-refractivity contribution in [3.8, 4) is 11.8 Å². The summed E-state index contributed by atoms with van der Waals surface area (Å²) >= 11 is 0. The molecule has 1 nitrogen and oxygen atoms in total. The summed E-state index contributed by atoms with van der Waals surface area (Å²) < 4.78 is 0. The standard InChI is InChI=1S/C35H48O/c1-24(2)10-9-11-25(3)29-16-17-30-28-23-33(36)32-22-27(15-14-26-12-7-6-8-13-26)18-20-35(32,5)31(28)19-21-34(29,30)4/h6-8,12-13,22,24-25,28-32H,9-11,16-21,23H2,1-5H3/t25-,28+,29-,30+,31+,32+,34-,35+/m0/s1. The smallest absolute Gasteiger partial charge is 0.140 e. The number of ketones is 1. The van der Waals surface area contributed by atoms with Gasteiger partial charge in [0.2, 0.25) is 0 Å². The van der Waals surface area contributed by atoms with Crippen molar-refractivity contribution >= 4 is 5.78 Å². The van der Waals surface area contributed by atoms with E-state index in [4.69, 9.17) is 0 Å². The fourth-order valence-corrected chi connectivity index (χ4v) is 9.46. The maximum atomic E-state index is 13.7. The van der Waals surface area contributed by atoms with E-state index in [0.29, 0.717) is 23.0 Å². The van der Waals surface area contributed by atoms with Crippen molar-refractivity contribution in [3.05, 3.63) is 47.5 Å². The highest BCUT2D eigenvalue weighted by atomic mass is 16.1. The Labute approximate surface area is 220 Å². The minimum Gasteiger partial charge on any atom is -0.299 e. The number of benzene rings is 1. The van der Waals surface area contributed by atoms with E-state index in [1.165, 1.54) is 50.5 Å². The van der Waals surface area contributed by atoms with Crippen LogP contribution in [-0.4, -0.2) is 5.78 Å². The number of carbonyl (C=O) groups is 1. The first-order chi connectivity index (χ1) is 17.2. The number of allylic oxidation sites excluding steroid dienone is 2. The summed E-state index contributed by atoms with van der Waals surface area (Å²) in [6.45, 7) is 12.3. The van der Waals surface area contributed by atoms with E-state index in [1.807, 2.05) is 18.2 Å². The van der Waals surface area contributed by atoms with Gasteiger partial charge in [0.25, 0.3) is 0 Å². The third-order valence-corrected chi connectivity index (χ3v) is 11.4. The fourth-order valence-electron chi connectivity index (χ4n) is 9.46. The van der Waals surface area contributed by atoms with Gasteiger partial charge in [-0.15, -0.1) is 0 Å². The zero-order chi connectivity index (χ0) is 25.5. The van der Waals surface area contributed by atoms with Crippen molar-refractivity contribution in [2.75, 3.05) is 0 Å². The summed E-state index contributed by atoms with van der Waals surface area (Å²) in [5.41, 5.74) is 2.81. The molecule has 36 heavy (non-hydrogen) atoms. The van der Waals surface area contributed by atoms with Gasteiger partial charge in [-0.2, -0.15) is 0 Å². The summed E-state index contributed by atoms with van der Waals surface area (Å²) in [6, 6.07) is 10.2. The minimum atomic E-state index is 0.0732. The normalized spacial score (nSPS) is 38.3. The van der Waals surface area contributed by atoms with Crippen LogP contribution < -0.4 is 0 Å². The minimum absolute atomic E-state index is 0.0732. The molecule has 5 rings (SSSR count). The monoisotopic (exact) mass is 484 g/mol. The van der Waals surface area contributed by atoms with Crippen LogP contribution in [0.2, 0.25) is 0 Å². The average molecular weight is 485 g/mol. The summed E-state index contributed by atoms with van der Waals surface area (Å²) in [5, 5.41) is 0. The van der Waals surface area contributed by atoms with Crippen LogP contribution in [0.5, 0.6) is 0 Å². The molecule has 3 saturated carbocycles. The van der Waals surface area contributed by atoms with E-state index in [2.05, 4.69) is 64.7 Å². The zero-order valence-corrected chi connectivity index (χ0v) is 23.5. The molecule has 0 N–H and O–H groups in total. The van der Waals surface area contributed by atoms with E-state index in [0.717, 1.165) is 48.5 Å². The molecule has 0 aliphatic heterocycles. The molecule has 0 bridgehead atoms. The lowest BCUT2D eigenvalue weighted by molar-refractivity contribution is -0.146. The Morgan fingerprint density at radius 3 is 2.42 bits per heavy atom. The fraction of sp³-hybridized carbons (Fsp3) is 0.686. The molecule has 0 unspecified atom stereocenters. The summed E-state index contributed by atoms with van der Waals surface area (Å²) in [6.07, 6.45) is 14.8. The second-order valence-corrected chi connectivity index (χ2v) is 13.9. The molecule has 3 fully saturated rings. The van der Waals surface area contributed by atoms with Crippen LogP contribution >= 0.6 is 0 Å². The van der Waals surface area contributed by atoms with Crippen LogP contribution in [0, 0.1) is 64.1 Å². The molecule has 4 aliphatic carbocycles. The van der Waals surface area contributed by atoms with Crippen molar-refractivity contribution in [2.24, 2.45) is 52.3 Å². The Morgan fingerprint density at radius 2 is 1.67 bits per heavy atom. The first-order valence-electron chi connectivity index (χ1n) is 15.0. The maximum absolute atomic E-state index is 13.7. The number of carbonyl (C=O) groups excluding carboxylic acids is 1. The molecule has 1 aromatic carbocycles. The Balaban J connectivity index is 1.32. The van der Waals surface area contributed by atoms with Gasteiger partial charge < -0.3 is 0 Å². The molecule has 8 atom stereocenters. The van der Waals surface area contributed by atoms with Gasteiger partial charge in [0.1, 0.15) is 5.78 Å². The predicted octanol–water partition coefficient (Wildman–Crippen LogP) is 8.87. The molecule has 1 heteroatoms. The lowest BCUT2D eigenvalue weighted by Gasteiger charge is -2.59. The van der Waals surface area contributed by atoms with Crippen molar-refractivity contribution in [1.82, 2.24) is 0 Å². The number of rotatable bonds is 5. The van der Waals surface area contributed by atoms with Gasteiger partial charge in [-0.3, -0.25) is 4.79 Å². The molecular formula is C35H48O. The maximum Gasteiger partial charge on any atom is 0.140 e. The number of hydrogen-bond acceptors (Lipinski definition) is 1. The second-order valence-electron chi connectivity index (χ2n) is 13.9. The van der Waals surface area contributed by atoms with Gasteiger partial charge in [-0.05, 0) is 103 Å². The average Bonchev–Trinajstić information content (AvgIpc) is 3.21. The van der Waals surface area contributed by atoms with Crippen LogP contribution in [0.3, 0.4) is 0 Å². The molecule has 0 heterocycles. The number of Topliss-reactive ketones (excluding diaryl/α,β-unsaturated/α-hetero) is 1. The van der Waals surface area contributed by atoms with E-state index in [9.17, 15) is 4.79 Å². The van der Waals surface area contributed by atoms with Gasteiger partial charge in [-0.1, -0.05) is 90.0 Å². The Bertz CT molecular complexity index is 1040. The molecule has 0 saturated heterocycles. The lowest BCUT2D eigenvalue weighted by Crippen LogP contribution is -2.55. The van der Waals surface area contributed by atoms with Gasteiger partial charge in [0.15, 0.2) is 0 Å². The highest BCUT2D eigenvalue weighted by Gasteiger charge is 2.61. The highest BCUT2D eigenvalue weighted by Crippen LogP contribution is 2.67. The Morgan fingerprint density at radius 1 is 0.917 bits per heavy atom. The van der Waals surface area contributed by atoms with Gasteiger partial charge >= 0.3 is 0 Å². The highest BCUT2D eigenvalue weighted by molar-refractivity contribution is 5.85. The van der Waals surface area contributed by atoms with Gasteiger partial charge in [0, 0.05) is 17.9 Å². The van der Waals surface area contributed by atoms with Gasteiger partial charge in [0.05, 0.1) is 0 Å². The third-order valence-electron chi connectivity index (χ3n) is 11.4. The summed E-state index contributed by atoms with van der Waals surface area (Å²) in [5.74, 6) is 11.9. The van der Waals surface area contributed by atoms with Crippen molar-refractivity contribution < 1.29 is 4.79 Å². The molecule has 0 spiro atoms. The summed E-state index contributed by atoms with van der Waals surface area (Å²) in [4.78, 5) is 13.7. The van der Waals surface area contributed by atoms with Crippen LogP contribution in [0.1, 0.15) is 104 Å². The first kappa shape index (κ1) is 25.8. The van der Waals surface area contributed by atoms with E-state index in [1.54, 1.807) is 0 Å². The van der Waals surface area contributed by atoms with Crippen LogP contribution in [-0.2, 0) is 4.79 Å². The molecule has 0 radical (unpaired) electrons. The Hall–Kier alpha value is -1.81. The third kappa shape index (κ3) is 4.64. The van der Waals surface area contributed by atoms with Crippen molar-refractivity contribution in [1.29, 1.82) is 0 Å². The largest absolute Gasteiger partial charge is 0.299 e. The number of hydrogen-bond donors (Lipinski definition) is 0. The second kappa shape index (κ2) is 10.2. The molecule has 0 aromatic heterocycles. The Kier molecular flexibility index (Phi) is 7.29. The lowest BCUT2D eigenvalue weighted by atomic mass is 9.44. The first-order valence-corrected chi connectivity index (χ1v) is 15.0. The van der Waals surface area contributed by atoms with Crippen LogP contribution in [0.4, 0.5) is 0 Å². The number of fused-ring (bicyclic) bond motifs is 5. The SMILES string of the molecule is CC(C)CCC[C@H](C)[C@@H]1CC[C@@H]2[C@H]3CC(=O)[C@H]4C=C(C#Cc5ccccc5)CC[C@]4(C)[C@@H]3CC[C@]21C.